The molecule has 0 atom stereocenters. The van der Waals surface area contributed by atoms with E-state index in [1.165, 1.54) is 6.92 Å². The molecule has 1 aromatic rings. The Hall–Kier alpha value is -2.07. The number of hydrogen-bond acceptors (Lipinski definition) is 6. The maximum Gasteiger partial charge on any atom is 0.380 e. The van der Waals surface area contributed by atoms with Gasteiger partial charge in [0.2, 0.25) is 5.78 Å². The zero-order chi connectivity index (χ0) is 13.7. The van der Waals surface area contributed by atoms with Gasteiger partial charge in [-0.15, -0.1) is 0 Å². The van der Waals surface area contributed by atoms with E-state index in [1.54, 1.807) is 5.40 Å². The van der Waals surface area contributed by atoms with Crippen molar-refractivity contribution in [1.29, 1.82) is 5.26 Å². The van der Waals surface area contributed by atoms with E-state index in [4.69, 9.17) is 15.7 Å². The molecular weight excluding hydrogens is 259 g/mol. The second kappa shape index (κ2) is 6.02. The predicted molar refractivity (Wildman–Crippen MR) is 63.2 cm³/mol. The number of esters is 1. The lowest BCUT2D eigenvalue weighted by atomic mass is 10.3. The summed E-state index contributed by atoms with van der Waals surface area (Å²) in [5.41, 5.74) is 5.09. The number of nitrogen functional groups attached to an aromatic ring is 1. The van der Waals surface area contributed by atoms with E-state index in [2.05, 4.69) is 0 Å². The van der Waals surface area contributed by atoms with Crippen LogP contribution in [0.25, 0.3) is 0 Å². The third-order valence-corrected chi connectivity index (χ3v) is 2.60. The molecule has 0 saturated carbocycles. The topological polar surface area (TPSA) is 93.2 Å². The monoisotopic (exact) mass is 268 g/mol. The molecule has 0 fully saturated rings. The maximum absolute atomic E-state index is 13.2. The maximum atomic E-state index is 13.2. The summed E-state index contributed by atoms with van der Waals surface area (Å²) in [6.45, 7) is 1.51. The summed E-state index contributed by atoms with van der Waals surface area (Å²) in [6.07, 6.45) is -0.00373. The van der Waals surface area contributed by atoms with E-state index < -0.39 is 17.6 Å². The van der Waals surface area contributed by atoms with Crippen LogP contribution in [-0.2, 0) is 9.59 Å². The number of benzene rings is 1. The smallest absolute Gasteiger partial charge is 0.380 e. The first-order chi connectivity index (χ1) is 8.49. The number of ketones is 1. The number of thioether (sulfide) groups is 1. The van der Waals surface area contributed by atoms with Gasteiger partial charge in [-0.2, -0.15) is 5.26 Å². The number of nitrogens with two attached hydrogens (primary N) is 1. The summed E-state index contributed by atoms with van der Waals surface area (Å²) < 4.78 is 18.0. The Labute approximate surface area is 107 Å². The summed E-state index contributed by atoms with van der Waals surface area (Å²) in [5.74, 6) is -2.62. The molecule has 0 aromatic heterocycles. The second-order valence-electron chi connectivity index (χ2n) is 3.18. The van der Waals surface area contributed by atoms with Gasteiger partial charge in [0.05, 0.1) is 10.6 Å². The van der Waals surface area contributed by atoms with Crippen molar-refractivity contribution in [2.24, 2.45) is 0 Å². The zero-order valence-electron chi connectivity index (χ0n) is 9.40. The Morgan fingerprint density at radius 2 is 2.22 bits per heavy atom. The minimum absolute atomic E-state index is 0.00373. The van der Waals surface area contributed by atoms with E-state index >= 15 is 0 Å². The fourth-order valence-corrected chi connectivity index (χ4v) is 1.52. The van der Waals surface area contributed by atoms with Crippen LogP contribution in [-0.4, -0.2) is 11.8 Å². The first-order valence-corrected chi connectivity index (χ1v) is 5.71. The normalized spacial score (nSPS) is 9.61. The highest BCUT2D eigenvalue weighted by Gasteiger charge is 2.18. The first kappa shape index (κ1) is 14.0. The van der Waals surface area contributed by atoms with E-state index in [-0.39, 0.29) is 22.8 Å². The molecule has 2 N–H and O–H groups in total. The van der Waals surface area contributed by atoms with Crippen molar-refractivity contribution in [3.63, 3.8) is 0 Å². The van der Waals surface area contributed by atoms with Gasteiger partial charge < -0.3 is 10.5 Å². The van der Waals surface area contributed by atoms with E-state index in [0.717, 1.165) is 12.1 Å². The molecule has 0 saturated heterocycles. The highest BCUT2D eigenvalue weighted by atomic mass is 32.2. The Bertz CT molecular complexity index is 540. The minimum Gasteiger partial charge on any atom is -0.419 e. The van der Waals surface area contributed by atoms with Crippen molar-refractivity contribution in [1.82, 2.24) is 0 Å². The zero-order valence-corrected chi connectivity index (χ0v) is 10.2. The summed E-state index contributed by atoms with van der Waals surface area (Å²) in [4.78, 5) is 22.5. The highest BCUT2D eigenvalue weighted by molar-refractivity contribution is 8.03. The number of Topliss-reactive ketones (excluding diaryl/α,β-unsaturated/α-hetero) is 1. The number of carbonyl (C=O) groups is 2. The van der Waals surface area contributed by atoms with Crippen molar-refractivity contribution in [2.75, 3.05) is 5.73 Å². The summed E-state index contributed by atoms with van der Waals surface area (Å²) in [5, 5.41) is 10.3. The molecule has 0 aliphatic carbocycles. The molecule has 1 rings (SSSR count). The Balaban J connectivity index is 3.07. The van der Waals surface area contributed by atoms with Gasteiger partial charge in [-0.05, 0) is 17.8 Å². The number of nitriles is 1. The molecule has 0 aliphatic rings. The Morgan fingerprint density at radius 1 is 1.56 bits per heavy atom. The van der Waals surface area contributed by atoms with Crippen LogP contribution in [0.5, 0.6) is 5.75 Å². The molecule has 0 spiro atoms. The molecule has 7 heteroatoms. The van der Waals surface area contributed by atoms with Crippen molar-refractivity contribution < 1.29 is 18.7 Å². The van der Waals surface area contributed by atoms with Crippen LogP contribution in [0.4, 0.5) is 10.1 Å². The molecule has 0 heterocycles. The second-order valence-corrected chi connectivity index (χ2v) is 4.01. The van der Waals surface area contributed by atoms with Crippen LogP contribution in [0.3, 0.4) is 0 Å². The molecule has 94 valence electrons. The van der Waals surface area contributed by atoms with Crippen molar-refractivity contribution >= 4 is 29.2 Å². The lowest BCUT2D eigenvalue weighted by Crippen LogP contribution is -2.19. The van der Waals surface area contributed by atoms with Crippen LogP contribution < -0.4 is 10.5 Å². The number of ether oxygens (including phenoxy) is 1. The molecule has 0 amide bonds. The molecule has 0 aliphatic heterocycles. The van der Waals surface area contributed by atoms with Gasteiger partial charge in [-0.25, -0.2) is 9.18 Å². The standard InChI is InChI=1S/C11H9FN2O3S/c1-2-8(15)11(16)17-9-4-7(14)6(12)3-10(9)18-5-13/h3-4H,2,14H2,1H3. The van der Waals surface area contributed by atoms with Crippen LogP contribution in [0.2, 0.25) is 0 Å². The number of carbonyl (C=O) groups excluding carboxylic acids is 2. The predicted octanol–water partition coefficient (Wildman–Crippen LogP) is 1.87. The summed E-state index contributed by atoms with van der Waals surface area (Å²) in [7, 11) is 0. The van der Waals surface area contributed by atoms with Gasteiger partial charge in [0.25, 0.3) is 0 Å². The third kappa shape index (κ3) is 3.21. The molecule has 18 heavy (non-hydrogen) atoms. The summed E-state index contributed by atoms with van der Waals surface area (Å²) in [6, 6.07) is 2.04. The molecule has 5 nitrogen and oxygen atoms in total. The lowest BCUT2D eigenvalue weighted by molar-refractivity contribution is -0.147. The van der Waals surface area contributed by atoms with Gasteiger partial charge >= 0.3 is 5.97 Å². The highest BCUT2D eigenvalue weighted by Crippen LogP contribution is 2.32. The molecule has 0 radical (unpaired) electrons. The lowest BCUT2D eigenvalue weighted by Gasteiger charge is -2.08. The minimum atomic E-state index is -1.07. The van der Waals surface area contributed by atoms with Gasteiger partial charge in [0.15, 0.2) is 0 Å². The van der Waals surface area contributed by atoms with Crippen LogP contribution in [0.15, 0.2) is 17.0 Å². The van der Waals surface area contributed by atoms with Crippen molar-refractivity contribution in [3.8, 4) is 11.2 Å². The molecule has 0 unspecified atom stereocenters. The van der Waals surface area contributed by atoms with Crippen molar-refractivity contribution in [2.45, 2.75) is 18.2 Å². The number of hydrogen-bond donors (Lipinski definition) is 1. The molecular formula is C11H9FN2O3S. The number of anilines is 1. The third-order valence-electron chi connectivity index (χ3n) is 1.97. The first-order valence-electron chi connectivity index (χ1n) is 4.89. The van der Waals surface area contributed by atoms with Gasteiger partial charge in [-0.1, -0.05) is 6.92 Å². The molecule has 1 aromatic carbocycles. The Morgan fingerprint density at radius 3 is 2.78 bits per heavy atom. The van der Waals surface area contributed by atoms with Crippen LogP contribution in [0.1, 0.15) is 13.3 Å². The average Bonchev–Trinajstić information content (AvgIpc) is 2.34. The van der Waals surface area contributed by atoms with Crippen LogP contribution in [0, 0.1) is 16.5 Å². The fourth-order valence-electron chi connectivity index (χ4n) is 1.06. The molecule has 0 bridgehead atoms. The van der Waals surface area contributed by atoms with Gasteiger partial charge in [-0.3, -0.25) is 4.79 Å². The average molecular weight is 268 g/mol. The van der Waals surface area contributed by atoms with E-state index in [1.807, 2.05) is 0 Å². The van der Waals surface area contributed by atoms with E-state index in [9.17, 15) is 14.0 Å². The number of halogens is 1. The van der Waals surface area contributed by atoms with Crippen molar-refractivity contribution in [3.05, 3.63) is 17.9 Å². The summed E-state index contributed by atoms with van der Waals surface area (Å²) >= 11 is 0.608. The van der Waals surface area contributed by atoms with Gasteiger partial charge in [0.1, 0.15) is 17.0 Å². The quantitative estimate of drug-likeness (QED) is 0.224. The van der Waals surface area contributed by atoms with Crippen LogP contribution >= 0.6 is 11.8 Å². The largest absolute Gasteiger partial charge is 0.419 e. The SMILES string of the molecule is CCC(=O)C(=O)Oc1cc(N)c(F)cc1SC#N. The number of thiocyanates is 1. The van der Waals surface area contributed by atoms with Gasteiger partial charge in [0, 0.05) is 12.5 Å². The fraction of sp³-hybridized carbons (Fsp3) is 0.182. The Kier molecular flexibility index (Phi) is 4.68. The number of rotatable bonds is 4. The van der Waals surface area contributed by atoms with E-state index in [0.29, 0.717) is 11.8 Å². The number of nitrogens with zero attached hydrogens (tertiary/aromatic N) is 1.